The molecule has 25 heavy (non-hydrogen) atoms. The van der Waals surface area contributed by atoms with Crippen LogP contribution in [0.25, 0.3) is 0 Å². The molecule has 0 aliphatic heterocycles. The van der Waals surface area contributed by atoms with Crippen LogP contribution < -0.4 is 18.9 Å². The molecule has 0 unspecified atom stereocenters. The topological polar surface area (TPSA) is 97.1 Å². The minimum Gasteiger partial charge on any atom is -0.493 e. The van der Waals surface area contributed by atoms with Crippen molar-refractivity contribution in [2.45, 2.75) is 6.42 Å². The Morgan fingerprint density at radius 1 is 1.00 bits per heavy atom. The number of rotatable bonds is 7. The van der Waals surface area contributed by atoms with Gasteiger partial charge in [0.15, 0.2) is 11.5 Å². The van der Waals surface area contributed by atoms with E-state index in [1.54, 1.807) is 12.1 Å². The summed E-state index contributed by atoms with van der Waals surface area (Å²) in [5, 5.41) is 10.6. The first kappa shape index (κ1) is 18.1. The van der Waals surface area contributed by atoms with Crippen molar-refractivity contribution in [3.63, 3.8) is 0 Å². The third-order valence-electron chi connectivity index (χ3n) is 3.35. The van der Waals surface area contributed by atoms with Crippen LogP contribution in [0.1, 0.15) is 5.56 Å². The first-order chi connectivity index (χ1) is 12.0. The summed E-state index contributed by atoms with van der Waals surface area (Å²) in [4.78, 5) is 22.2. The van der Waals surface area contributed by atoms with Crippen LogP contribution in [0, 0.1) is 10.1 Å². The van der Waals surface area contributed by atoms with Gasteiger partial charge in [0.2, 0.25) is 5.75 Å². The van der Waals surface area contributed by atoms with E-state index in [0.717, 1.165) is 0 Å². The van der Waals surface area contributed by atoms with Crippen LogP contribution in [0.2, 0.25) is 0 Å². The number of nitro groups is 1. The molecule has 0 aliphatic carbocycles. The molecule has 0 heterocycles. The fourth-order valence-electron chi connectivity index (χ4n) is 2.21. The van der Waals surface area contributed by atoms with Gasteiger partial charge in [-0.25, -0.2) is 0 Å². The summed E-state index contributed by atoms with van der Waals surface area (Å²) in [5.41, 5.74) is 0.533. The van der Waals surface area contributed by atoms with E-state index in [4.69, 9.17) is 18.9 Å². The van der Waals surface area contributed by atoms with Crippen molar-refractivity contribution in [2.24, 2.45) is 0 Å². The van der Waals surface area contributed by atoms with Crippen molar-refractivity contribution >= 4 is 11.7 Å². The van der Waals surface area contributed by atoms with Crippen molar-refractivity contribution in [3.05, 3.63) is 52.1 Å². The van der Waals surface area contributed by atoms with E-state index in [-0.39, 0.29) is 17.9 Å². The van der Waals surface area contributed by atoms with Crippen LogP contribution in [0.5, 0.6) is 23.0 Å². The maximum absolute atomic E-state index is 12.1. The van der Waals surface area contributed by atoms with Crippen molar-refractivity contribution in [1.29, 1.82) is 0 Å². The average molecular weight is 347 g/mol. The van der Waals surface area contributed by atoms with Crippen LogP contribution in [-0.2, 0) is 11.2 Å². The van der Waals surface area contributed by atoms with Gasteiger partial charge in [0.25, 0.3) is 5.69 Å². The Morgan fingerprint density at radius 3 is 2.00 bits per heavy atom. The summed E-state index contributed by atoms with van der Waals surface area (Å²) in [6, 6.07) is 8.57. The molecule has 0 saturated heterocycles. The molecule has 0 amide bonds. The van der Waals surface area contributed by atoms with Crippen LogP contribution in [-0.4, -0.2) is 32.2 Å². The number of methoxy groups -OCH3 is 3. The molecule has 0 bridgehead atoms. The molecule has 8 heteroatoms. The highest BCUT2D eigenvalue weighted by atomic mass is 16.6. The molecule has 0 radical (unpaired) electrons. The molecular formula is C17H17NO7. The molecule has 0 atom stereocenters. The number of carbonyl (C=O) groups excluding carboxylic acids is 1. The predicted molar refractivity (Wildman–Crippen MR) is 88.5 cm³/mol. The smallest absolute Gasteiger partial charge is 0.315 e. The Kier molecular flexibility index (Phi) is 5.78. The van der Waals surface area contributed by atoms with Crippen LogP contribution in [0.15, 0.2) is 36.4 Å². The second-order valence-corrected chi connectivity index (χ2v) is 4.94. The first-order valence-corrected chi connectivity index (χ1v) is 7.22. The molecule has 0 N–H and O–H groups in total. The van der Waals surface area contributed by atoms with Crippen molar-refractivity contribution in [3.8, 4) is 23.0 Å². The molecule has 2 rings (SSSR count). The number of nitrogens with zero attached hydrogens (tertiary/aromatic N) is 1. The standard InChI is InChI=1S/C17H17NO7/c1-22-14-8-11(9-15(23-2)17(14)24-3)10-16(19)25-13-6-4-12(5-7-13)18(20)21/h4-9H,10H2,1-3H3. The van der Waals surface area contributed by atoms with E-state index in [0.29, 0.717) is 22.8 Å². The summed E-state index contributed by atoms with van der Waals surface area (Å²) in [7, 11) is 4.45. The zero-order valence-corrected chi connectivity index (χ0v) is 14.0. The van der Waals surface area contributed by atoms with E-state index in [1.807, 2.05) is 0 Å². The Bertz CT molecular complexity index is 746. The maximum atomic E-state index is 12.1. The van der Waals surface area contributed by atoms with Gasteiger partial charge in [-0.05, 0) is 29.8 Å². The van der Waals surface area contributed by atoms with E-state index >= 15 is 0 Å². The Hall–Kier alpha value is -3.29. The number of esters is 1. The molecule has 0 aromatic heterocycles. The molecular weight excluding hydrogens is 330 g/mol. The fourth-order valence-corrected chi connectivity index (χ4v) is 2.21. The lowest BCUT2D eigenvalue weighted by Gasteiger charge is -2.14. The zero-order valence-electron chi connectivity index (χ0n) is 14.0. The molecule has 0 spiro atoms. The number of hydrogen-bond acceptors (Lipinski definition) is 7. The molecule has 0 aliphatic rings. The highest BCUT2D eigenvalue weighted by Gasteiger charge is 2.16. The summed E-state index contributed by atoms with van der Waals surface area (Å²) >= 11 is 0. The van der Waals surface area contributed by atoms with Crippen molar-refractivity contribution in [2.75, 3.05) is 21.3 Å². The van der Waals surface area contributed by atoms with Crippen molar-refractivity contribution < 1.29 is 28.7 Å². The maximum Gasteiger partial charge on any atom is 0.315 e. The SMILES string of the molecule is COc1cc(CC(=O)Oc2ccc([N+](=O)[O-])cc2)cc(OC)c1OC. The lowest BCUT2D eigenvalue weighted by Crippen LogP contribution is -2.11. The van der Waals surface area contributed by atoms with E-state index in [9.17, 15) is 14.9 Å². The zero-order chi connectivity index (χ0) is 18.4. The molecule has 0 saturated carbocycles. The molecule has 2 aromatic carbocycles. The van der Waals surface area contributed by atoms with Crippen LogP contribution in [0.3, 0.4) is 0 Å². The summed E-state index contributed by atoms with van der Waals surface area (Å²) in [6.45, 7) is 0. The second-order valence-electron chi connectivity index (χ2n) is 4.94. The number of hydrogen-bond donors (Lipinski definition) is 0. The van der Waals surface area contributed by atoms with Gasteiger partial charge >= 0.3 is 5.97 Å². The van der Waals surface area contributed by atoms with Crippen LogP contribution >= 0.6 is 0 Å². The van der Waals surface area contributed by atoms with E-state index in [2.05, 4.69) is 0 Å². The summed E-state index contributed by atoms with van der Waals surface area (Å²) in [6.07, 6.45) is -0.0340. The number of nitro benzene ring substituents is 1. The predicted octanol–water partition coefficient (Wildman–Crippen LogP) is 2.77. The fraction of sp³-hybridized carbons (Fsp3) is 0.235. The van der Waals surface area contributed by atoms with Gasteiger partial charge in [0.05, 0.1) is 32.7 Å². The van der Waals surface area contributed by atoms with E-state index in [1.165, 1.54) is 45.6 Å². The van der Waals surface area contributed by atoms with Gasteiger partial charge in [-0.15, -0.1) is 0 Å². The van der Waals surface area contributed by atoms with Crippen molar-refractivity contribution in [1.82, 2.24) is 0 Å². The van der Waals surface area contributed by atoms with Gasteiger partial charge in [0, 0.05) is 12.1 Å². The molecule has 2 aromatic rings. The minimum absolute atomic E-state index is 0.0340. The number of non-ortho nitro benzene ring substituents is 1. The summed E-state index contributed by atoms with van der Waals surface area (Å²) in [5.74, 6) is 0.989. The van der Waals surface area contributed by atoms with Gasteiger partial charge in [-0.2, -0.15) is 0 Å². The highest BCUT2D eigenvalue weighted by molar-refractivity contribution is 5.76. The third kappa shape index (κ3) is 4.37. The van der Waals surface area contributed by atoms with Gasteiger partial charge in [0.1, 0.15) is 5.75 Å². The van der Waals surface area contributed by atoms with E-state index < -0.39 is 10.9 Å². The Labute approximate surface area is 144 Å². The van der Waals surface area contributed by atoms with Crippen LogP contribution in [0.4, 0.5) is 5.69 Å². The quantitative estimate of drug-likeness (QED) is 0.329. The summed E-state index contributed by atoms with van der Waals surface area (Å²) < 4.78 is 20.9. The highest BCUT2D eigenvalue weighted by Crippen LogP contribution is 2.38. The number of ether oxygens (including phenoxy) is 4. The Balaban J connectivity index is 2.13. The molecule has 0 fully saturated rings. The molecule has 8 nitrogen and oxygen atoms in total. The van der Waals surface area contributed by atoms with Gasteiger partial charge < -0.3 is 18.9 Å². The lowest BCUT2D eigenvalue weighted by atomic mass is 10.1. The number of benzene rings is 2. The monoisotopic (exact) mass is 347 g/mol. The third-order valence-corrected chi connectivity index (χ3v) is 3.35. The second kappa shape index (κ2) is 8.00. The average Bonchev–Trinajstić information content (AvgIpc) is 2.61. The molecule has 132 valence electrons. The minimum atomic E-state index is -0.526. The largest absolute Gasteiger partial charge is 0.493 e. The Morgan fingerprint density at radius 2 is 1.56 bits per heavy atom. The first-order valence-electron chi connectivity index (χ1n) is 7.22. The van der Waals surface area contributed by atoms with Gasteiger partial charge in [-0.1, -0.05) is 0 Å². The number of carbonyl (C=O) groups is 1. The lowest BCUT2D eigenvalue weighted by molar-refractivity contribution is -0.384. The van der Waals surface area contributed by atoms with Gasteiger partial charge in [-0.3, -0.25) is 14.9 Å². The normalized spacial score (nSPS) is 10.0.